The molecule has 22 heavy (non-hydrogen) atoms. The van der Waals surface area contributed by atoms with Crippen molar-refractivity contribution in [2.45, 2.75) is 12.8 Å². The summed E-state index contributed by atoms with van der Waals surface area (Å²) in [4.78, 5) is 10.8. The first-order valence-corrected chi connectivity index (χ1v) is 6.03. The molecule has 0 aliphatic rings. The summed E-state index contributed by atoms with van der Waals surface area (Å²) in [6.07, 6.45) is -7.12. The monoisotopic (exact) mass is 316 g/mol. The summed E-state index contributed by atoms with van der Waals surface area (Å²) >= 11 is 0. The molecule has 0 N–H and O–H groups in total. The van der Waals surface area contributed by atoms with E-state index in [-0.39, 0.29) is 22.3 Å². The molecule has 0 amide bonds. The summed E-state index contributed by atoms with van der Waals surface area (Å²) in [5, 5.41) is 0. The predicted molar refractivity (Wildman–Crippen MR) is 68.9 cm³/mol. The van der Waals surface area contributed by atoms with Crippen molar-refractivity contribution in [2.75, 3.05) is 0 Å². The molecule has 2 nitrogen and oxygen atoms in total. The molecule has 0 bridgehead atoms. The molecule has 0 saturated heterocycles. The minimum atomic E-state index is -4.90. The van der Waals surface area contributed by atoms with E-state index in [9.17, 15) is 26.7 Å². The summed E-state index contributed by atoms with van der Waals surface area (Å²) in [5.74, 6) is -0.511. The zero-order valence-corrected chi connectivity index (χ0v) is 10.9. The van der Waals surface area contributed by atoms with Crippen molar-refractivity contribution in [2.24, 2.45) is 0 Å². The van der Waals surface area contributed by atoms with Crippen molar-refractivity contribution < 1.29 is 31.5 Å². The minimum Gasteiger partial charge on any atom is -0.405 e. The van der Waals surface area contributed by atoms with Gasteiger partial charge in [-0.15, -0.1) is 13.2 Å². The Morgan fingerprint density at radius 2 is 1.64 bits per heavy atom. The largest absolute Gasteiger partial charge is 0.573 e. The van der Waals surface area contributed by atoms with Crippen LogP contribution in [0.15, 0.2) is 42.5 Å². The topological polar surface area (TPSA) is 26.3 Å². The van der Waals surface area contributed by atoms with Gasteiger partial charge in [-0.2, -0.15) is 0 Å². The molecule has 0 aromatic heterocycles. The molecule has 2 aromatic rings. The molecule has 2 aromatic carbocycles. The van der Waals surface area contributed by atoms with Gasteiger partial charge >= 0.3 is 6.36 Å². The predicted octanol–water partition coefficient (Wildman–Crippen LogP) is 5.00. The van der Waals surface area contributed by atoms with E-state index < -0.39 is 18.5 Å². The first kappa shape index (κ1) is 15.9. The number of aldehydes is 1. The Bertz CT molecular complexity index is 663. The zero-order chi connectivity index (χ0) is 16.3. The third-order valence-corrected chi connectivity index (χ3v) is 2.84. The average molecular weight is 316 g/mol. The smallest absolute Gasteiger partial charge is 0.405 e. The lowest BCUT2D eigenvalue weighted by atomic mass is 10.0. The Labute approximate surface area is 122 Å². The molecule has 0 spiro atoms. The standard InChI is InChI=1S/C15H9F5O2/c16-14(17)11-4-2-10(3-5-11)12-7-9(8-21)1-6-13(12)22-15(18,19)20/h1-8,14H. The summed E-state index contributed by atoms with van der Waals surface area (Å²) in [5.41, 5.74) is 0.103. The van der Waals surface area contributed by atoms with E-state index in [1.807, 2.05) is 0 Å². The minimum absolute atomic E-state index is 0.0114. The molecular weight excluding hydrogens is 307 g/mol. The average Bonchev–Trinajstić information content (AvgIpc) is 2.46. The van der Waals surface area contributed by atoms with Gasteiger partial charge in [0.2, 0.25) is 0 Å². The highest BCUT2D eigenvalue weighted by atomic mass is 19.4. The van der Waals surface area contributed by atoms with Crippen LogP contribution in [0.4, 0.5) is 22.0 Å². The molecule has 0 atom stereocenters. The van der Waals surface area contributed by atoms with E-state index in [0.717, 1.165) is 18.2 Å². The molecule has 116 valence electrons. The van der Waals surface area contributed by atoms with Crippen molar-refractivity contribution in [3.05, 3.63) is 53.6 Å². The summed E-state index contributed by atoms with van der Waals surface area (Å²) < 4.78 is 66.1. The summed E-state index contributed by atoms with van der Waals surface area (Å²) in [7, 11) is 0. The van der Waals surface area contributed by atoms with Gasteiger partial charge in [-0.1, -0.05) is 24.3 Å². The number of benzene rings is 2. The van der Waals surface area contributed by atoms with Crippen LogP contribution in [-0.4, -0.2) is 12.6 Å². The van der Waals surface area contributed by atoms with Gasteiger partial charge in [0.1, 0.15) is 12.0 Å². The Morgan fingerprint density at radius 3 is 2.14 bits per heavy atom. The highest BCUT2D eigenvalue weighted by Crippen LogP contribution is 2.35. The van der Waals surface area contributed by atoms with Gasteiger partial charge in [-0.05, 0) is 23.8 Å². The fraction of sp³-hybridized carbons (Fsp3) is 0.133. The second-order valence-corrected chi connectivity index (χ2v) is 4.34. The number of ether oxygens (including phenoxy) is 1. The van der Waals surface area contributed by atoms with Crippen LogP contribution in [-0.2, 0) is 0 Å². The maximum Gasteiger partial charge on any atom is 0.573 e. The van der Waals surface area contributed by atoms with Gasteiger partial charge in [0, 0.05) is 16.7 Å². The molecule has 0 unspecified atom stereocenters. The van der Waals surface area contributed by atoms with Gasteiger partial charge in [0.05, 0.1) is 0 Å². The van der Waals surface area contributed by atoms with Gasteiger partial charge in [-0.25, -0.2) is 8.78 Å². The lowest BCUT2D eigenvalue weighted by Crippen LogP contribution is -2.17. The molecule has 0 fully saturated rings. The van der Waals surface area contributed by atoms with Gasteiger partial charge < -0.3 is 4.74 Å². The van der Waals surface area contributed by atoms with Crippen molar-refractivity contribution in [3.8, 4) is 16.9 Å². The lowest BCUT2D eigenvalue weighted by molar-refractivity contribution is -0.274. The first-order valence-electron chi connectivity index (χ1n) is 6.03. The summed E-state index contributed by atoms with van der Waals surface area (Å²) in [6.45, 7) is 0. The van der Waals surface area contributed by atoms with Crippen molar-refractivity contribution in [3.63, 3.8) is 0 Å². The van der Waals surface area contributed by atoms with E-state index in [1.54, 1.807) is 0 Å². The molecule has 0 aliphatic carbocycles. The second kappa shape index (κ2) is 6.13. The number of hydrogen-bond donors (Lipinski definition) is 0. The molecule has 2 rings (SSSR count). The van der Waals surface area contributed by atoms with E-state index in [1.165, 1.54) is 24.3 Å². The third-order valence-electron chi connectivity index (χ3n) is 2.84. The molecule has 0 aliphatic heterocycles. The normalized spacial score (nSPS) is 11.5. The third kappa shape index (κ3) is 3.81. The SMILES string of the molecule is O=Cc1ccc(OC(F)(F)F)c(-c2ccc(C(F)F)cc2)c1. The quantitative estimate of drug-likeness (QED) is 0.586. The van der Waals surface area contributed by atoms with Gasteiger partial charge in [0.25, 0.3) is 6.43 Å². The second-order valence-electron chi connectivity index (χ2n) is 4.34. The highest BCUT2D eigenvalue weighted by molar-refractivity contribution is 5.81. The van der Waals surface area contributed by atoms with Crippen molar-refractivity contribution in [1.29, 1.82) is 0 Å². The number of alkyl halides is 5. The van der Waals surface area contributed by atoms with Crippen LogP contribution in [0.2, 0.25) is 0 Å². The first-order chi connectivity index (χ1) is 10.3. The fourth-order valence-electron chi connectivity index (χ4n) is 1.87. The van der Waals surface area contributed by atoms with Gasteiger partial charge in [-0.3, -0.25) is 4.79 Å². The maximum atomic E-state index is 12.5. The van der Waals surface area contributed by atoms with Crippen LogP contribution in [0, 0.1) is 0 Å². The van der Waals surface area contributed by atoms with Crippen LogP contribution in [0.3, 0.4) is 0 Å². The Balaban J connectivity index is 2.48. The Hall–Kier alpha value is -2.44. The lowest BCUT2D eigenvalue weighted by Gasteiger charge is -2.14. The molecule has 7 heteroatoms. The number of carbonyl (C=O) groups is 1. The Kier molecular flexibility index (Phi) is 4.44. The molecule has 0 saturated carbocycles. The number of carbonyl (C=O) groups excluding carboxylic acids is 1. The number of rotatable bonds is 4. The maximum absolute atomic E-state index is 12.5. The van der Waals surface area contributed by atoms with Crippen LogP contribution in [0.25, 0.3) is 11.1 Å². The number of hydrogen-bond acceptors (Lipinski definition) is 2. The highest BCUT2D eigenvalue weighted by Gasteiger charge is 2.32. The van der Waals surface area contributed by atoms with Crippen LogP contribution in [0.5, 0.6) is 5.75 Å². The molecule has 0 radical (unpaired) electrons. The molecule has 0 heterocycles. The van der Waals surface area contributed by atoms with Gasteiger partial charge in [0.15, 0.2) is 0 Å². The van der Waals surface area contributed by atoms with Crippen molar-refractivity contribution in [1.82, 2.24) is 0 Å². The van der Waals surface area contributed by atoms with Crippen LogP contribution < -0.4 is 4.74 Å². The van der Waals surface area contributed by atoms with E-state index >= 15 is 0 Å². The fourth-order valence-corrected chi connectivity index (χ4v) is 1.87. The van der Waals surface area contributed by atoms with Crippen LogP contribution in [0.1, 0.15) is 22.3 Å². The summed E-state index contributed by atoms with van der Waals surface area (Å²) in [6, 6.07) is 8.07. The molecular formula is C15H9F5O2. The van der Waals surface area contributed by atoms with Crippen molar-refractivity contribution >= 4 is 6.29 Å². The Morgan fingerprint density at radius 1 is 1.00 bits per heavy atom. The van der Waals surface area contributed by atoms with Crippen LogP contribution >= 0.6 is 0 Å². The van der Waals surface area contributed by atoms with E-state index in [2.05, 4.69) is 4.74 Å². The van der Waals surface area contributed by atoms with E-state index in [0.29, 0.717) is 6.29 Å². The van der Waals surface area contributed by atoms with E-state index in [4.69, 9.17) is 0 Å². The number of halogens is 5. The zero-order valence-electron chi connectivity index (χ0n) is 10.9.